The monoisotopic (exact) mass is 228 g/mol. The zero-order valence-electron chi connectivity index (χ0n) is 9.23. The predicted molar refractivity (Wildman–Crippen MR) is 56.1 cm³/mol. The molecule has 0 saturated heterocycles. The van der Waals surface area contributed by atoms with Crippen molar-refractivity contribution in [1.82, 2.24) is 10.5 Å². The molecule has 0 fully saturated rings. The number of hydrogen-bond donors (Lipinski definition) is 2. The van der Waals surface area contributed by atoms with Crippen molar-refractivity contribution in [1.29, 1.82) is 0 Å². The van der Waals surface area contributed by atoms with E-state index < -0.39 is 0 Å². The normalized spacial score (nSPS) is 10.1. The van der Waals surface area contributed by atoms with E-state index in [-0.39, 0.29) is 19.1 Å². The molecule has 1 heterocycles. The van der Waals surface area contributed by atoms with E-state index in [1.54, 1.807) is 13.0 Å². The summed E-state index contributed by atoms with van der Waals surface area (Å²) >= 11 is 0. The molecule has 0 spiro atoms. The summed E-state index contributed by atoms with van der Waals surface area (Å²) in [5, 5.41) is 14.8. The van der Waals surface area contributed by atoms with Crippen LogP contribution in [0.3, 0.4) is 0 Å². The number of aliphatic hydroxyl groups excluding tert-OH is 1. The summed E-state index contributed by atoms with van der Waals surface area (Å²) in [6.45, 7) is 2.35. The molecule has 1 aromatic heterocycles. The average molecular weight is 228 g/mol. The zero-order chi connectivity index (χ0) is 11.8. The van der Waals surface area contributed by atoms with Crippen molar-refractivity contribution in [2.45, 2.75) is 19.8 Å². The van der Waals surface area contributed by atoms with Crippen LogP contribution in [0.25, 0.3) is 0 Å². The van der Waals surface area contributed by atoms with Gasteiger partial charge in [-0.3, -0.25) is 4.79 Å². The van der Waals surface area contributed by atoms with Crippen LogP contribution in [0, 0.1) is 6.92 Å². The first kappa shape index (κ1) is 12.5. The van der Waals surface area contributed by atoms with E-state index in [2.05, 4.69) is 10.5 Å². The first-order valence-corrected chi connectivity index (χ1v) is 5.16. The van der Waals surface area contributed by atoms with Crippen molar-refractivity contribution < 1.29 is 19.2 Å². The molecule has 1 amide bonds. The van der Waals surface area contributed by atoms with Crippen LogP contribution in [-0.4, -0.2) is 35.9 Å². The van der Waals surface area contributed by atoms with Gasteiger partial charge in [-0.2, -0.15) is 0 Å². The Morgan fingerprint density at radius 1 is 1.62 bits per heavy atom. The quantitative estimate of drug-likeness (QED) is 0.653. The highest BCUT2D eigenvalue weighted by molar-refractivity contribution is 5.77. The van der Waals surface area contributed by atoms with Gasteiger partial charge >= 0.3 is 0 Å². The minimum absolute atomic E-state index is 0.0783. The molecule has 2 N–H and O–H groups in total. The fourth-order valence-electron chi connectivity index (χ4n) is 1.07. The summed E-state index contributed by atoms with van der Waals surface area (Å²) < 4.78 is 9.85. The van der Waals surface area contributed by atoms with Crippen molar-refractivity contribution in [2.24, 2.45) is 0 Å². The third kappa shape index (κ3) is 4.79. The number of unbranched alkanes of at least 4 members (excludes halogenated alkanes) is 1. The Labute approximate surface area is 93.6 Å². The van der Waals surface area contributed by atoms with Gasteiger partial charge < -0.3 is 19.7 Å². The molecule has 0 aliphatic heterocycles. The molecule has 0 aromatic carbocycles. The van der Waals surface area contributed by atoms with Gasteiger partial charge in [-0.05, 0) is 24.9 Å². The molecule has 0 saturated carbocycles. The van der Waals surface area contributed by atoms with E-state index in [0.717, 1.165) is 6.42 Å². The smallest absolute Gasteiger partial charge is 0.258 e. The number of aromatic nitrogens is 1. The third-order valence-electron chi connectivity index (χ3n) is 1.86. The molecule has 1 rings (SSSR count). The number of hydrogen-bond acceptors (Lipinski definition) is 5. The second-order valence-corrected chi connectivity index (χ2v) is 3.35. The molecule has 16 heavy (non-hydrogen) atoms. The van der Waals surface area contributed by atoms with Crippen LogP contribution >= 0.6 is 0 Å². The van der Waals surface area contributed by atoms with Gasteiger partial charge in [0.15, 0.2) is 6.61 Å². The minimum atomic E-state index is -0.210. The zero-order valence-corrected chi connectivity index (χ0v) is 9.23. The van der Waals surface area contributed by atoms with E-state index >= 15 is 0 Å². The second kappa shape index (κ2) is 6.84. The van der Waals surface area contributed by atoms with Crippen LogP contribution in [-0.2, 0) is 4.79 Å². The van der Waals surface area contributed by atoms with Crippen LogP contribution in [0.4, 0.5) is 0 Å². The van der Waals surface area contributed by atoms with Crippen LogP contribution in [0.1, 0.15) is 18.6 Å². The van der Waals surface area contributed by atoms with Crippen molar-refractivity contribution in [3.8, 4) is 5.88 Å². The van der Waals surface area contributed by atoms with Crippen LogP contribution in [0.2, 0.25) is 0 Å². The molecule has 0 unspecified atom stereocenters. The van der Waals surface area contributed by atoms with Crippen molar-refractivity contribution in [2.75, 3.05) is 19.8 Å². The number of carbonyl (C=O) groups is 1. The number of rotatable bonds is 7. The first-order chi connectivity index (χ1) is 7.72. The first-order valence-electron chi connectivity index (χ1n) is 5.16. The summed E-state index contributed by atoms with van der Waals surface area (Å²) in [4.78, 5) is 11.2. The molecule has 90 valence electrons. The molecule has 0 aliphatic rings. The van der Waals surface area contributed by atoms with Crippen LogP contribution in [0.5, 0.6) is 5.88 Å². The van der Waals surface area contributed by atoms with E-state index in [1.165, 1.54) is 0 Å². The average Bonchev–Trinajstić information content (AvgIpc) is 2.68. The number of carbonyl (C=O) groups excluding carboxylic acids is 1. The Bertz CT molecular complexity index is 324. The van der Waals surface area contributed by atoms with Gasteiger partial charge in [0.05, 0.1) is 0 Å². The van der Waals surface area contributed by atoms with E-state index in [9.17, 15) is 4.79 Å². The Balaban J connectivity index is 2.10. The van der Waals surface area contributed by atoms with Crippen molar-refractivity contribution in [3.63, 3.8) is 0 Å². The number of ether oxygens (including phenoxy) is 1. The van der Waals surface area contributed by atoms with Gasteiger partial charge in [-0.1, -0.05) is 0 Å². The maximum absolute atomic E-state index is 11.2. The Kier molecular flexibility index (Phi) is 5.35. The predicted octanol–water partition coefficient (Wildman–Crippen LogP) is 0.251. The largest absolute Gasteiger partial charge is 0.465 e. The summed E-state index contributed by atoms with van der Waals surface area (Å²) in [7, 11) is 0. The lowest BCUT2D eigenvalue weighted by Gasteiger charge is -2.04. The highest BCUT2D eigenvalue weighted by Crippen LogP contribution is 2.09. The SMILES string of the molecule is Cc1cc(OCC(=O)NCCCCO)no1. The van der Waals surface area contributed by atoms with Gasteiger partial charge in [0.2, 0.25) is 0 Å². The molecule has 6 nitrogen and oxygen atoms in total. The molecule has 0 atom stereocenters. The van der Waals surface area contributed by atoms with Gasteiger partial charge in [0.25, 0.3) is 11.8 Å². The van der Waals surface area contributed by atoms with Crippen LogP contribution < -0.4 is 10.1 Å². The second-order valence-electron chi connectivity index (χ2n) is 3.35. The summed E-state index contributed by atoms with van der Waals surface area (Å²) in [6.07, 6.45) is 1.44. The topological polar surface area (TPSA) is 84.6 Å². The maximum atomic E-state index is 11.2. The fraction of sp³-hybridized carbons (Fsp3) is 0.600. The summed E-state index contributed by atoms with van der Waals surface area (Å²) in [5.74, 6) is 0.736. The molecule has 0 radical (unpaired) electrons. The van der Waals surface area contributed by atoms with Gasteiger partial charge in [0.1, 0.15) is 5.76 Å². The molecular formula is C10H16N2O4. The van der Waals surface area contributed by atoms with E-state index in [1.807, 2.05) is 0 Å². The highest BCUT2D eigenvalue weighted by atomic mass is 16.5. The lowest BCUT2D eigenvalue weighted by Crippen LogP contribution is -2.29. The van der Waals surface area contributed by atoms with Gasteiger partial charge in [-0.15, -0.1) is 0 Å². The Morgan fingerprint density at radius 3 is 3.06 bits per heavy atom. The summed E-state index contributed by atoms with van der Waals surface area (Å²) in [6, 6.07) is 1.61. The van der Waals surface area contributed by atoms with Crippen LogP contribution in [0.15, 0.2) is 10.6 Å². The summed E-state index contributed by atoms with van der Waals surface area (Å²) in [5.41, 5.74) is 0. The van der Waals surface area contributed by atoms with E-state index in [4.69, 9.17) is 14.4 Å². The molecule has 6 heteroatoms. The van der Waals surface area contributed by atoms with E-state index in [0.29, 0.717) is 24.6 Å². The van der Waals surface area contributed by atoms with Crippen molar-refractivity contribution >= 4 is 5.91 Å². The van der Waals surface area contributed by atoms with Gasteiger partial charge in [-0.25, -0.2) is 0 Å². The number of aryl methyl sites for hydroxylation is 1. The number of aliphatic hydroxyl groups is 1. The Hall–Kier alpha value is -1.56. The number of amides is 1. The standard InChI is InChI=1S/C10H16N2O4/c1-8-6-10(12-16-8)15-7-9(14)11-4-2-3-5-13/h6,13H,2-5,7H2,1H3,(H,11,14). The fourth-order valence-corrected chi connectivity index (χ4v) is 1.07. The Morgan fingerprint density at radius 2 is 2.44 bits per heavy atom. The molecule has 0 aliphatic carbocycles. The highest BCUT2D eigenvalue weighted by Gasteiger charge is 2.05. The molecule has 1 aromatic rings. The maximum Gasteiger partial charge on any atom is 0.258 e. The molecular weight excluding hydrogens is 212 g/mol. The third-order valence-corrected chi connectivity index (χ3v) is 1.86. The lowest BCUT2D eigenvalue weighted by atomic mass is 10.3. The number of nitrogens with one attached hydrogen (secondary N) is 1. The minimum Gasteiger partial charge on any atom is -0.465 e. The van der Waals surface area contributed by atoms with Gasteiger partial charge in [0, 0.05) is 19.2 Å². The lowest BCUT2D eigenvalue weighted by molar-refractivity contribution is -0.123. The van der Waals surface area contributed by atoms with Crippen molar-refractivity contribution in [3.05, 3.63) is 11.8 Å². The molecule has 0 bridgehead atoms. The number of nitrogens with zero attached hydrogens (tertiary/aromatic N) is 1.